The summed E-state index contributed by atoms with van der Waals surface area (Å²) in [5.74, 6) is 1.78. The number of aryl methyl sites for hydroxylation is 1. The number of hydrogen-bond acceptors (Lipinski definition) is 4. The van der Waals surface area contributed by atoms with Crippen LogP contribution in [0.25, 0.3) is 0 Å². The van der Waals surface area contributed by atoms with Gasteiger partial charge in [-0.25, -0.2) is 0 Å². The Balaban J connectivity index is 0.00000320. The van der Waals surface area contributed by atoms with Crippen LogP contribution in [0.4, 0.5) is 0 Å². The lowest BCUT2D eigenvalue weighted by molar-refractivity contribution is 0.287. The molecule has 0 amide bonds. The van der Waals surface area contributed by atoms with E-state index in [-0.39, 0.29) is 24.0 Å². The Morgan fingerprint density at radius 2 is 1.93 bits per heavy atom. The molecule has 2 aromatic heterocycles. The van der Waals surface area contributed by atoms with Crippen LogP contribution < -0.4 is 10.6 Å². The largest absolute Gasteiger partial charge is 0.468 e. The number of rotatable bonds is 10. The van der Waals surface area contributed by atoms with Crippen molar-refractivity contribution >= 4 is 29.9 Å². The van der Waals surface area contributed by atoms with E-state index in [1.165, 1.54) is 11.1 Å². The highest BCUT2D eigenvalue weighted by Gasteiger charge is 2.08. The van der Waals surface area contributed by atoms with E-state index in [0.29, 0.717) is 0 Å². The van der Waals surface area contributed by atoms with Crippen molar-refractivity contribution < 1.29 is 4.42 Å². The van der Waals surface area contributed by atoms with Crippen molar-refractivity contribution in [3.63, 3.8) is 0 Å². The van der Waals surface area contributed by atoms with Crippen molar-refractivity contribution in [3.05, 3.63) is 78.0 Å². The molecule has 7 nitrogen and oxygen atoms in total. The number of benzene rings is 1. The van der Waals surface area contributed by atoms with Crippen LogP contribution in [-0.2, 0) is 26.2 Å². The molecule has 0 aliphatic carbocycles. The van der Waals surface area contributed by atoms with Gasteiger partial charge in [-0.1, -0.05) is 24.3 Å². The molecule has 8 heteroatoms. The van der Waals surface area contributed by atoms with E-state index in [1.807, 2.05) is 29.1 Å². The first kappa shape index (κ1) is 23.9. The van der Waals surface area contributed by atoms with Crippen LogP contribution in [0.2, 0.25) is 0 Å². The highest BCUT2D eigenvalue weighted by molar-refractivity contribution is 14.0. The minimum absolute atomic E-state index is 0. The zero-order valence-corrected chi connectivity index (χ0v) is 20.0. The SMILES string of the molecule is CN=C(NCCCn1cccn1)NCc1ccccc1CN(C)Cc1ccco1.I. The van der Waals surface area contributed by atoms with Crippen LogP contribution in [0.15, 0.2) is 70.5 Å². The second-order valence-electron chi connectivity index (χ2n) is 7.00. The predicted octanol–water partition coefficient (Wildman–Crippen LogP) is 3.48. The van der Waals surface area contributed by atoms with E-state index in [4.69, 9.17) is 4.42 Å². The van der Waals surface area contributed by atoms with E-state index < -0.39 is 0 Å². The Kier molecular flexibility index (Phi) is 10.4. The summed E-state index contributed by atoms with van der Waals surface area (Å²) in [5.41, 5.74) is 2.56. The Morgan fingerprint density at radius 1 is 1.10 bits per heavy atom. The maximum absolute atomic E-state index is 5.45. The minimum atomic E-state index is 0. The lowest BCUT2D eigenvalue weighted by atomic mass is 10.1. The zero-order valence-electron chi connectivity index (χ0n) is 17.6. The topological polar surface area (TPSA) is 70.6 Å². The van der Waals surface area contributed by atoms with Gasteiger partial charge in [-0.05, 0) is 42.8 Å². The first-order chi connectivity index (χ1) is 14.2. The van der Waals surface area contributed by atoms with Gasteiger partial charge in [-0.3, -0.25) is 14.6 Å². The number of nitrogens with one attached hydrogen (secondary N) is 2. The number of hydrogen-bond donors (Lipinski definition) is 2. The fourth-order valence-corrected chi connectivity index (χ4v) is 3.18. The molecule has 0 aliphatic rings. The summed E-state index contributed by atoms with van der Waals surface area (Å²) in [6, 6.07) is 14.4. The van der Waals surface area contributed by atoms with Crippen molar-refractivity contribution in [2.45, 2.75) is 32.6 Å². The molecule has 0 saturated carbocycles. The van der Waals surface area contributed by atoms with Gasteiger partial charge < -0.3 is 15.1 Å². The summed E-state index contributed by atoms with van der Waals surface area (Å²) in [6.07, 6.45) is 6.48. The molecule has 0 fully saturated rings. The standard InChI is InChI=1S/C22H30N6O.HI/c1-23-22(24-11-6-13-28-14-7-12-26-28)25-16-19-8-3-4-9-20(19)17-27(2)18-21-10-5-15-29-21;/h3-5,7-10,12,14-15H,6,11,13,16-18H2,1-2H3,(H2,23,24,25);1H. The molecule has 30 heavy (non-hydrogen) atoms. The molecule has 2 N–H and O–H groups in total. The molecular formula is C22H31IN6O. The van der Waals surface area contributed by atoms with Crippen LogP contribution >= 0.6 is 24.0 Å². The number of halogens is 1. The maximum Gasteiger partial charge on any atom is 0.191 e. The molecule has 0 bridgehead atoms. The second-order valence-corrected chi connectivity index (χ2v) is 7.00. The van der Waals surface area contributed by atoms with Gasteiger partial charge in [0, 0.05) is 45.6 Å². The molecular weight excluding hydrogens is 491 g/mol. The molecule has 0 spiro atoms. The van der Waals surface area contributed by atoms with Crippen LogP contribution in [-0.4, -0.2) is 41.3 Å². The smallest absolute Gasteiger partial charge is 0.191 e. The van der Waals surface area contributed by atoms with Crippen molar-refractivity contribution in [2.75, 3.05) is 20.6 Å². The maximum atomic E-state index is 5.45. The van der Waals surface area contributed by atoms with Crippen molar-refractivity contribution in [3.8, 4) is 0 Å². The lowest BCUT2D eigenvalue weighted by Gasteiger charge is -2.19. The van der Waals surface area contributed by atoms with Crippen LogP contribution in [0.1, 0.15) is 23.3 Å². The van der Waals surface area contributed by atoms with E-state index in [9.17, 15) is 0 Å². The monoisotopic (exact) mass is 522 g/mol. The molecule has 3 rings (SSSR count). The molecule has 3 aromatic rings. The number of aliphatic imine (C=N–C) groups is 1. The first-order valence-corrected chi connectivity index (χ1v) is 9.94. The van der Waals surface area contributed by atoms with E-state index in [0.717, 1.165) is 50.9 Å². The third kappa shape index (κ3) is 7.83. The Hall–Kier alpha value is -2.33. The highest BCUT2D eigenvalue weighted by atomic mass is 127. The summed E-state index contributed by atoms with van der Waals surface area (Å²) in [5, 5.41) is 11.0. The van der Waals surface area contributed by atoms with Gasteiger partial charge in [-0.2, -0.15) is 5.10 Å². The van der Waals surface area contributed by atoms with E-state index in [1.54, 1.807) is 19.5 Å². The molecule has 0 unspecified atom stereocenters. The number of nitrogens with zero attached hydrogens (tertiary/aromatic N) is 4. The van der Waals surface area contributed by atoms with Gasteiger partial charge in [0.1, 0.15) is 5.76 Å². The quantitative estimate of drug-likeness (QED) is 0.185. The number of guanidine groups is 1. The van der Waals surface area contributed by atoms with Gasteiger partial charge in [0.2, 0.25) is 0 Å². The third-order valence-corrected chi connectivity index (χ3v) is 4.65. The molecule has 0 aliphatic heterocycles. The fourth-order valence-electron chi connectivity index (χ4n) is 3.18. The van der Waals surface area contributed by atoms with E-state index >= 15 is 0 Å². The average Bonchev–Trinajstić information content (AvgIpc) is 3.42. The van der Waals surface area contributed by atoms with Gasteiger partial charge in [-0.15, -0.1) is 24.0 Å². The molecule has 1 aromatic carbocycles. The Bertz CT molecular complexity index is 864. The molecule has 162 valence electrons. The molecule has 0 radical (unpaired) electrons. The summed E-state index contributed by atoms with van der Waals surface area (Å²) < 4.78 is 7.39. The summed E-state index contributed by atoms with van der Waals surface area (Å²) >= 11 is 0. The van der Waals surface area contributed by atoms with Crippen LogP contribution in [0, 0.1) is 0 Å². The minimum Gasteiger partial charge on any atom is -0.468 e. The summed E-state index contributed by atoms with van der Waals surface area (Å²) in [4.78, 5) is 6.58. The van der Waals surface area contributed by atoms with Crippen LogP contribution in [0.5, 0.6) is 0 Å². The zero-order chi connectivity index (χ0) is 20.3. The van der Waals surface area contributed by atoms with Crippen molar-refractivity contribution in [2.24, 2.45) is 4.99 Å². The molecule has 0 saturated heterocycles. The van der Waals surface area contributed by atoms with Gasteiger partial charge in [0.05, 0.1) is 12.8 Å². The van der Waals surface area contributed by atoms with Crippen LogP contribution in [0.3, 0.4) is 0 Å². The predicted molar refractivity (Wildman–Crippen MR) is 131 cm³/mol. The second kappa shape index (κ2) is 13.1. The van der Waals surface area contributed by atoms with Gasteiger partial charge in [0.15, 0.2) is 5.96 Å². The lowest BCUT2D eigenvalue weighted by Crippen LogP contribution is -2.37. The highest BCUT2D eigenvalue weighted by Crippen LogP contribution is 2.13. The summed E-state index contributed by atoms with van der Waals surface area (Å²) in [6.45, 7) is 4.10. The number of furan rings is 1. The fraction of sp³-hybridized carbons (Fsp3) is 0.364. The van der Waals surface area contributed by atoms with E-state index in [2.05, 4.69) is 56.9 Å². The summed E-state index contributed by atoms with van der Waals surface area (Å²) in [7, 11) is 3.90. The number of aromatic nitrogens is 2. The van der Waals surface area contributed by atoms with Gasteiger partial charge >= 0.3 is 0 Å². The van der Waals surface area contributed by atoms with Gasteiger partial charge in [0.25, 0.3) is 0 Å². The van der Waals surface area contributed by atoms with Crippen molar-refractivity contribution in [1.82, 2.24) is 25.3 Å². The Labute approximate surface area is 195 Å². The normalized spacial score (nSPS) is 11.4. The average molecular weight is 522 g/mol. The molecule has 2 heterocycles. The Morgan fingerprint density at radius 3 is 2.63 bits per heavy atom. The first-order valence-electron chi connectivity index (χ1n) is 9.94. The molecule has 0 atom stereocenters. The van der Waals surface area contributed by atoms with Crippen molar-refractivity contribution in [1.29, 1.82) is 0 Å². The third-order valence-electron chi connectivity index (χ3n) is 4.65.